The predicted octanol–water partition coefficient (Wildman–Crippen LogP) is 2.14. The minimum Gasteiger partial charge on any atom is -0.346 e. The van der Waals surface area contributed by atoms with Gasteiger partial charge in [0.15, 0.2) is 0 Å². The molecule has 0 saturated heterocycles. The van der Waals surface area contributed by atoms with Gasteiger partial charge in [-0.25, -0.2) is 4.98 Å². The molecule has 52 valence electrons. The van der Waals surface area contributed by atoms with Gasteiger partial charge in [0.05, 0.1) is 0 Å². The molecule has 0 amide bonds. The normalized spacial score (nSPS) is 9.20. The van der Waals surface area contributed by atoms with Crippen molar-refractivity contribution in [3.63, 3.8) is 0 Å². The summed E-state index contributed by atoms with van der Waals surface area (Å²) in [5, 5.41) is 1.16. The Morgan fingerprint density at radius 2 is 2.20 bits per heavy atom. The topological polar surface area (TPSA) is 28.7 Å². The highest BCUT2D eigenvalue weighted by Gasteiger charge is 1.88. The Morgan fingerprint density at radius 3 is 3.00 bits per heavy atom. The van der Waals surface area contributed by atoms with Crippen molar-refractivity contribution in [3.8, 4) is 0 Å². The summed E-state index contributed by atoms with van der Waals surface area (Å²) < 4.78 is 0. The van der Waals surface area contributed by atoms with E-state index in [-0.39, 0.29) is 17.0 Å². The number of nitrogens with one attached hydrogen (secondary N) is 1. The van der Waals surface area contributed by atoms with Crippen molar-refractivity contribution in [1.82, 2.24) is 9.97 Å². The van der Waals surface area contributed by atoms with Gasteiger partial charge in [0.2, 0.25) is 0 Å². The van der Waals surface area contributed by atoms with Crippen molar-refractivity contribution in [2.75, 3.05) is 0 Å². The Bertz CT molecular complexity index is 286. The third kappa shape index (κ3) is 1.04. The maximum atomic E-state index is 4.09. The highest BCUT2D eigenvalue weighted by Crippen LogP contribution is 2.05. The van der Waals surface area contributed by atoms with Crippen LogP contribution in [0.4, 0.5) is 0 Å². The monoisotopic (exact) mass is 198 g/mol. The fraction of sp³-hybridized carbons (Fsp3) is 0. The number of hydrogen-bond acceptors (Lipinski definition) is 1. The molecule has 0 saturated carbocycles. The fourth-order valence-electron chi connectivity index (χ4n) is 0.883. The molecular weight excluding hydrogens is 192 g/mol. The third-order valence-electron chi connectivity index (χ3n) is 1.32. The molecule has 0 aliphatic heterocycles. The number of aromatic amines is 1. The highest BCUT2D eigenvalue weighted by atomic mass is 79.9. The average Bonchev–Trinajstić information content (AvgIpc) is 2.33. The van der Waals surface area contributed by atoms with Crippen LogP contribution < -0.4 is 0 Å². The lowest BCUT2D eigenvalue weighted by molar-refractivity contribution is 1.33. The largest absolute Gasteiger partial charge is 0.346 e. The van der Waals surface area contributed by atoms with Crippen molar-refractivity contribution < 1.29 is 0 Å². The van der Waals surface area contributed by atoms with Gasteiger partial charge >= 0.3 is 0 Å². The van der Waals surface area contributed by atoms with Gasteiger partial charge in [-0.15, -0.1) is 17.0 Å². The lowest BCUT2D eigenvalue weighted by Gasteiger charge is -1.82. The second-order valence-electron chi connectivity index (χ2n) is 1.92. The zero-order valence-electron chi connectivity index (χ0n) is 5.24. The van der Waals surface area contributed by atoms with Gasteiger partial charge in [-0.1, -0.05) is 0 Å². The first kappa shape index (κ1) is 7.28. The molecular formula is C7H7BrN2. The van der Waals surface area contributed by atoms with Gasteiger partial charge in [0.25, 0.3) is 0 Å². The second-order valence-corrected chi connectivity index (χ2v) is 1.92. The van der Waals surface area contributed by atoms with Gasteiger partial charge in [-0.2, -0.15) is 0 Å². The number of rotatable bonds is 0. The summed E-state index contributed by atoms with van der Waals surface area (Å²) in [4.78, 5) is 7.09. The van der Waals surface area contributed by atoms with Crippen molar-refractivity contribution in [2.45, 2.75) is 0 Å². The molecule has 2 rings (SSSR count). The lowest BCUT2D eigenvalue weighted by atomic mass is 10.3. The van der Waals surface area contributed by atoms with E-state index in [1.165, 1.54) is 0 Å². The second kappa shape index (κ2) is 2.84. The van der Waals surface area contributed by atoms with Gasteiger partial charge in [0.1, 0.15) is 5.65 Å². The van der Waals surface area contributed by atoms with E-state index in [0.717, 1.165) is 11.0 Å². The highest BCUT2D eigenvalue weighted by molar-refractivity contribution is 8.93. The Balaban J connectivity index is 0.000000500. The van der Waals surface area contributed by atoms with Gasteiger partial charge in [-0.3, -0.25) is 0 Å². The van der Waals surface area contributed by atoms with Crippen LogP contribution in [-0.2, 0) is 0 Å². The molecule has 3 heteroatoms. The third-order valence-corrected chi connectivity index (χ3v) is 1.32. The summed E-state index contributed by atoms with van der Waals surface area (Å²) in [6, 6.07) is 5.96. The molecule has 0 atom stereocenters. The molecule has 0 spiro atoms. The molecule has 2 aromatic rings. The number of halogens is 1. The number of hydrogen-bond donors (Lipinski definition) is 1. The molecule has 0 bridgehead atoms. The van der Waals surface area contributed by atoms with E-state index >= 15 is 0 Å². The Morgan fingerprint density at radius 1 is 1.30 bits per heavy atom. The number of nitrogens with zero attached hydrogens (tertiary/aromatic N) is 1. The van der Waals surface area contributed by atoms with E-state index in [4.69, 9.17) is 0 Å². The molecule has 2 aromatic heterocycles. The van der Waals surface area contributed by atoms with Crippen molar-refractivity contribution in [3.05, 3.63) is 30.6 Å². The van der Waals surface area contributed by atoms with E-state index in [9.17, 15) is 0 Å². The molecule has 1 N–H and O–H groups in total. The molecule has 0 aromatic carbocycles. The smallest absolute Gasteiger partial charge is 0.137 e. The van der Waals surface area contributed by atoms with Crippen LogP contribution in [0.5, 0.6) is 0 Å². The zero-order chi connectivity index (χ0) is 6.10. The number of aromatic nitrogens is 2. The summed E-state index contributed by atoms with van der Waals surface area (Å²) in [6.45, 7) is 0. The number of H-pyrrole nitrogens is 1. The zero-order valence-corrected chi connectivity index (χ0v) is 6.96. The fourth-order valence-corrected chi connectivity index (χ4v) is 0.883. The Hall–Kier alpha value is -0.830. The van der Waals surface area contributed by atoms with Crippen LogP contribution in [0.1, 0.15) is 0 Å². The van der Waals surface area contributed by atoms with Gasteiger partial charge in [-0.05, 0) is 18.2 Å². The van der Waals surface area contributed by atoms with Gasteiger partial charge in [0, 0.05) is 17.8 Å². The van der Waals surface area contributed by atoms with Crippen LogP contribution in [0, 0.1) is 0 Å². The first-order valence-corrected chi connectivity index (χ1v) is 2.85. The van der Waals surface area contributed by atoms with E-state index < -0.39 is 0 Å². The van der Waals surface area contributed by atoms with E-state index in [1.807, 2.05) is 24.4 Å². The maximum absolute atomic E-state index is 4.09. The van der Waals surface area contributed by atoms with Crippen molar-refractivity contribution >= 4 is 28.0 Å². The SMILES string of the molecule is Br.c1cnc2[nH]ccc2c1. The average molecular weight is 199 g/mol. The van der Waals surface area contributed by atoms with Crippen LogP contribution >= 0.6 is 17.0 Å². The summed E-state index contributed by atoms with van der Waals surface area (Å²) in [6.07, 6.45) is 3.66. The standard InChI is InChI=1S/C7H6N2.BrH/c1-2-6-3-5-9-7(6)8-4-1;/h1-5H,(H,8,9);1H. The van der Waals surface area contributed by atoms with Crippen LogP contribution in [0.3, 0.4) is 0 Å². The molecule has 0 aliphatic rings. The summed E-state index contributed by atoms with van der Waals surface area (Å²) >= 11 is 0. The molecule has 0 unspecified atom stereocenters. The Labute approximate surface area is 69.1 Å². The minimum absolute atomic E-state index is 0. The quantitative estimate of drug-likeness (QED) is 0.691. The van der Waals surface area contributed by atoms with E-state index in [0.29, 0.717) is 0 Å². The van der Waals surface area contributed by atoms with E-state index in [1.54, 1.807) is 6.20 Å². The summed E-state index contributed by atoms with van der Waals surface area (Å²) in [5.74, 6) is 0. The maximum Gasteiger partial charge on any atom is 0.137 e. The molecule has 0 aliphatic carbocycles. The first-order valence-electron chi connectivity index (χ1n) is 2.85. The van der Waals surface area contributed by atoms with Crippen LogP contribution in [0.25, 0.3) is 11.0 Å². The first-order chi connectivity index (χ1) is 4.47. The molecule has 0 radical (unpaired) electrons. The van der Waals surface area contributed by atoms with Crippen LogP contribution in [0.15, 0.2) is 30.6 Å². The molecule has 10 heavy (non-hydrogen) atoms. The van der Waals surface area contributed by atoms with E-state index in [2.05, 4.69) is 9.97 Å². The van der Waals surface area contributed by atoms with Crippen LogP contribution in [0.2, 0.25) is 0 Å². The van der Waals surface area contributed by atoms with Crippen LogP contribution in [-0.4, -0.2) is 9.97 Å². The van der Waals surface area contributed by atoms with Gasteiger partial charge < -0.3 is 4.98 Å². The minimum atomic E-state index is 0. The number of fused-ring (bicyclic) bond motifs is 1. The molecule has 2 heterocycles. The van der Waals surface area contributed by atoms with Crippen molar-refractivity contribution in [2.24, 2.45) is 0 Å². The number of pyridine rings is 1. The summed E-state index contributed by atoms with van der Waals surface area (Å²) in [5.41, 5.74) is 0.956. The molecule has 0 fully saturated rings. The summed E-state index contributed by atoms with van der Waals surface area (Å²) in [7, 11) is 0. The molecule has 2 nitrogen and oxygen atoms in total. The van der Waals surface area contributed by atoms with Crippen molar-refractivity contribution in [1.29, 1.82) is 0 Å². The Kier molecular flexibility index (Phi) is 2.06. The predicted molar refractivity (Wildman–Crippen MR) is 46.4 cm³/mol. The lowest BCUT2D eigenvalue weighted by Crippen LogP contribution is -1.70.